The Kier molecular flexibility index (Phi) is 3.18. The monoisotopic (exact) mass is 237 g/mol. The Balaban J connectivity index is 1.50. The highest BCUT2D eigenvalue weighted by atomic mass is 16.6. The molecule has 0 amide bonds. The van der Waals surface area contributed by atoms with E-state index < -0.39 is 0 Å². The van der Waals surface area contributed by atoms with Crippen molar-refractivity contribution in [1.82, 2.24) is 5.32 Å². The van der Waals surface area contributed by atoms with Crippen LogP contribution in [0.5, 0.6) is 0 Å². The van der Waals surface area contributed by atoms with Gasteiger partial charge in [-0.2, -0.15) is 0 Å². The third-order valence-corrected chi connectivity index (χ3v) is 3.30. The van der Waals surface area contributed by atoms with Crippen LogP contribution in [0.3, 0.4) is 0 Å². The van der Waals surface area contributed by atoms with Crippen molar-refractivity contribution in [1.29, 1.82) is 0 Å². The first-order valence-electron chi connectivity index (χ1n) is 6.32. The van der Waals surface area contributed by atoms with Crippen molar-refractivity contribution in [2.75, 3.05) is 13.2 Å². The van der Waals surface area contributed by atoms with E-state index in [-0.39, 0.29) is 6.10 Å². The number of hydrogen-bond acceptors (Lipinski definition) is 4. The fourth-order valence-electron chi connectivity index (χ4n) is 1.89. The van der Waals surface area contributed by atoms with Crippen LogP contribution in [0.25, 0.3) is 0 Å². The average Bonchev–Trinajstić information content (AvgIpc) is 2.99. The van der Waals surface area contributed by atoms with Crippen molar-refractivity contribution in [2.24, 2.45) is 0 Å². The van der Waals surface area contributed by atoms with Gasteiger partial charge in [-0.25, -0.2) is 0 Å². The molecule has 3 rings (SSSR count). The van der Waals surface area contributed by atoms with Gasteiger partial charge in [-0.05, 0) is 25.8 Å². The topological polar surface area (TPSA) is 43.6 Å². The molecule has 2 aliphatic rings. The van der Waals surface area contributed by atoms with Gasteiger partial charge in [0.25, 0.3) is 0 Å². The molecule has 1 aliphatic carbocycles. The molecule has 17 heavy (non-hydrogen) atoms. The molecule has 0 spiro atoms. The summed E-state index contributed by atoms with van der Waals surface area (Å²) in [6, 6.07) is 2.83. The van der Waals surface area contributed by atoms with Gasteiger partial charge in [0.05, 0.1) is 13.2 Å². The molecule has 1 saturated carbocycles. The molecule has 1 N–H and O–H groups in total. The summed E-state index contributed by atoms with van der Waals surface area (Å²) in [7, 11) is 0. The minimum Gasteiger partial charge on any atom is -0.464 e. The standard InChI is InChI=1S/C13H19NO3/c1-9-10(5-14-11-2-3-11)4-12(17-9)8-16-13-6-15-7-13/h4,11,13-14H,2-3,5-8H2,1H3. The van der Waals surface area contributed by atoms with E-state index in [0.717, 1.165) is 37.3 Å². The van der Waals surface area contributed by atoms with E-state index in [4.69, 9.17) is 13.9 Å². The molecule has 0 unspecified atom stereocenters. The summed E-state index contributed by atoms with van der Waals surface area (Å²) in [5, 5.41) is 3.49. The molecule has 0 radical (unpaired) electrons. The van der Waals surface area contributed by atoms with E-state index in [2.05, 4.69) is 11.4 Å². The SMILES string of the molecule is Cc1oc(COC2COC2)cc1CNC1CC1. The van der Waals surface area contributed by atoms with Gasteiger partial charge in [-0.15, -0.1) is 0 Å². The van der Waals surface area contributed by atoms with Crippen LogP contribution in [0, 0.1) is 6.92 Å². The maximum atomic E-state index is 5.68. The van der Waals surface area contributed by atoms with Gasteiger partial charge < -0.3 is 19.2 Å². The Labute approximate surface area is 101 Å². The predicted molar refractivity (Wildman–Crippen MR) is 62.7 cm³/mol. The van der Waals surface area contributed by atoms with Crippen molar-refractivity contribution < 1.29 is 13.9 Å². The molecule has 4 nitrogen and oxygen atoms in total. The minimum atomic E-state index is 0.258. The third-order valence-electron chi connectivity index (χ3n) is 3.30. The largest absolute Gasteiger partial charge is 0.464 e. The summed E-state index contributed by atoms with van der Waals surface area (Å²) < 4.78 is 16.4. The molecule has 94 valence electrons. The van der Waals surface area contributed by atoms with Gasteiger partial charge in [0, 0.05) is 18.2 Å². The van der Waals surface area contributed by atoms with Crippen LogP contribution in [-0.4, -0.2) is 25.4 Å². The number of hydrogen-bond donors (Lipinski definition) is 1. The highest BCUT2D eigenvalue weighted by Crippen LogP contribution is 2.21. The highest BCUT2D eigenvalue weighted by molar-refractivity contribution is 5.20. The minimum absolute atomic E-state index is 0.258. The summed E-state index contributed by atoms with van der Waals surface area (Å²) >= 11 is 0. The Hall–Kier alpha value is -0.840. The molecule has 2 fully saturated rings. The number of rotatable bonds is 6. The second-order valence-corrected chi connectivity index (χ2v) is 4.92. The maximum Gasteiger partial charge on any atom is 0.130 e. The van der Waals surface area contributed by atoms with Crippen molar-refractivity contribution in [3.8, 4) is 0 Å². The van der Waals surface area contributed by atoms with Gasteiger partial charge in [0.1, 0.15) is 24.2 Å². The summed E-state index contributed by atoms with van der Waals surface area (Å²) in [5.41, 5.74) is 1.25. The van der Waals surface area contributed by atoms with E-state index in [1.807, 2.05) is 6.92 Å². The van der Waals surface area contributed by atoms with Crippen LogP contribution in [-0.2, 0) is 22.6 Å². The number of ether oxygens (including phenoxy) is 2. The lowest BCUT2D eigenvalue weighted by Crippen LogP contribution is -2.35. The molecule has 0 aromatic carbocycles. The summed E-state index contributed by atoms with van der Waals surface area (Å²) in [6.07, 6.45) is 2.89. The lowest BCUT2D eigenvalue weighted by atomic mass is 10.2. The fraction of sp³-hybridized carbons (Fsp3) is 0.692. The van der Waals surface area contributed by atoms with Gasteiger partial charge in [-0.1, -0.05) is 0 Å². The van der Waals surface area contributed by atoms with Gasteiger partial charge in [-0.3, -0.25) is 0 Å². The molecule has 0 atom stereocenters. The summed E-state index contributed by atoms with van der Waals surface area (Å²) in [4.78, 5) is 0. The summed E-state index contributed by atoms with van der Waals surface area (Å²) in [5.74, 6) is 1.92. The third kappa shape index (κ3) is 2.89. The van der Waals surface area contributed by atoms with Crippen molar-refractivity contribution in [2.45, 2.75) is 45.1 Å². The van der Waals surface area contributed by atoms with E-state index in [1.165, 1.54) is 18.4 Å². The zero-order chi connectivity index (χ0) is 11.7. The highest BCUT2D eigenvalue weighted by Gasteiger charge is 2.22. The van der Waals surface area contributed by atoms with Gasteiger partial charge >= 0.3 is 0 Å². The van der Waals surface area contributed by atoms with Crippen LogP contribution < -0.4 is 5.32 Å². The Morgan fingerprint density at radius 1 is 1.41 bits per heavy atom. The zero-order valence-corrected chi connectivity index (χ0v) is 10.2. The van der Waals surface area contributed by atoms with E-state index in [1.54, 1.807) is 0 Å². The molecule has 1 aliphatic heterocycles. The van der Waals surface area contributed by atoms with E-state index in [0.29, 0.717) is 6.61 Å². The molecule has 1 aromatic heterocycles. The lowest BCUT2D eigenvalue weighted by Gasteiger charge is -2.25. The van der Waals surface area contributed by atoms with Gasteiger partial charge in [0.2, 0.25) is 0 Å². The summed E-state index contributed by atoms with van der Waals surface area (Å²) in [6.45, 7) is 4.91. The quantitative estimate of drug-likeness (QED) is 0.818. The average molecular weight is 237 g/mol. The van der Waals surface area contributed by atoms with Crippen LogP contribution in [0.4, 0.5) is 0 Å². The first kappa shape index (κ1) is 11.3. The second kappa shape index (κ2) is 4.80. The van der Waals surface area contributed by atoms with E-state index in [9.17, 15) is 0 Å². The van der Waals surface area contributed by atoms with Gasteiger partial charge in [0.15, 0.2) is 0 Å². The predicted octanol–water partition coefficient (Wildman–Crippen LogP) is 1.76. The molecule has 1 saturated heterocycles. The smallest absolute Gasteiger partial charge is 0.130 e. The van der Waals surface area contributed by atoms with Crippen LogP contribution in [0.1, 0.15) is 29.9 Å². The molecular formula is C13H19NO3. The molecule has 0 bridgehead atoms. The van der Waals surface area contributed by atoms with Crippen molar-refractivity contribution in [3.63, 3.8) is 0 Å². The molecular weight excluding hydrogens is 218 g/mol. The fourth-order valence-corrected chi connectivity index (χ4v) is 1.89. The van der Waals surface area contributed by atoms with Crippen LogP contribution >= 0.6 is 0 Å². The number of aryl methyl sites for hydroxylation is 1. The lowest BCUT2D eigenvalue weighted by molar-refractivity contribution is -0.137. The Morgan fingerprint density at radius 2 is 2.24 bits per heavy atom. The Morgan fingerprint density at radius 3 is 2.88 bits per heavy atom. The molecule has 4 heteroatoms. The van der Waals surface area contributed by atoms with Crippen LogP contribution in [0.15, 0.2) is 10.5 Å². The van der Waals surface area contributed by atoms with Crippen LogP contribution in [0.2, 0.25) is 0 Å². The number of nitrogens with one attached hydrogen (secondary N) is 1. The second-order valence-electron chi connectivity index (χ2n) is 4.92. The molecule has 1 aromatic rings. The van der Waals surface area contributed by atoms with E-state index >= 15 is 0 Å². The Bertz CT molecular complexity index is 380. The number of furan rings is 1. The maximum absolute atomic E-state index is 5.68. The first-order valence-corrected chi connectivity index (χ1v) is 6.32. The van der Waals surface area contributed by atoms with Crippen molar-refractivity contribution >= 4 is 0 Å². The first-order chi connectivity index (χ1) is 8.31. The zero-order valence-electron chi connectivity index (χ0n) is 10.2. The molecule has 2 heterocycles. The van der Waals surface area contributed by atoms with Crippen molar-refractivity contribution in [3.05, 3.63) is 23.2 Å². The normalized spacial score (nSPS) is 20.5.